The summed E-state index contributed by atoms with van der Waals surface area (Å²) in [6, 6.07) is 13.0. The Morgan fingerprint density at radius 3 is 2.60 bits per heavy atom. The largest absolute Gasteiger partial charge is 0.488 e. The van der Waals surface area contributed by atoms with Crippen LogP contribution in [0.1, 0.15) is 61.4 Å². The molecule has 0 radical (unpaired) electrons. The van der Waals surface area contributed by atoms with E-state index in [1.54, 1.807) is 11.2 Å². The number of nitrogens with zero attached hydrogens (tertiary/aromatic N) is 6. The van der Waals surface area contributed by atoms with Gasteiger partial charge in [0, 0.05) is 62.8 Å². The smallest absolute Gasteiger partial charge is 0.257 e. The summed E-state index contributed by atoms with van der Waals surface area (Å²) < 4.78 is 17.6. The number of Topliss-reactive ketones (excluding diaryl/α,β-unsaturated/α-hetero) is 2. The summed E-state index contributed by atoms with van der Waals surface area (Å²) in [5.41, 5.74) is 4.46. The molecule has 288 valence electrons. The van der Waals surface area contributed by atoms with E-state index in [-0.39, 0.29) is 35.4 Å². The number of carbonyl (C=O) groups excluding carboxylic acids is 4. The van der Waals surface area contributed by atoms with Crippen LogP contribution in [0.25, 0.3) is 22.3 Å². The standard InChI is InChI=1S/C40H46N8O7/c1-40(10-11-40)55-28-6-7-30-29(22-28)38(45-44-30)32-23-35(43-25-42-32)46-13-15-47(16-14-46)36(51)9-17-53-19-20-54-18-12-41-31-4-2-3-26-24-48(39(52)37(26)31)33-8-5-27(49)21-34(33)50/h2-4,6-7,22-23,25,33,41H,5,8-21,24H2,1H3,(H,44,45). The molecule has 15 nitrogen and oxygen atoms in total. The Morgan fingerprint density at radius 1 is 0.982 bits per heavy atom. The number of aromatic nitrogens is 4. The van der Waals surface area contributed by atoms with Crippen molar-refractivity contribution in [1.82, 2.24) is 30.0 Å². The molecule has 2 aromatic heterocycles. The van der Waals surface area contributed by atoms with Crippen LogP contribution in [0.15, 0.2) is 48.8 Å². The Bertz CT molecular complexity index is 2090. The molecule has 0 bridgehead atoms. The number of H-pyrrole nitrogens is 1. The van der Waals surface area contributed by atoms with Crippen molar-refractivity contribution in [3.05, 3.63) is 59.9 Å². The number of nitrogens with one attached hydrogen (secondary N) is 2. The summed E-state index contributed by atoms with van der Waals surface area (Å²) >= 11 is 0. The van der Waals surface area contributed by atoms with Crippen LogP contribution in [0, 0.1) is 0 Å². The average Bonchev–Trinajstić information content (AvgIpc) is 3.60. The predicted octanol–water partition coefficient (Wildman–Crippen LogP) is 3.78. The number of amides is 2. The zero-order chi connectivity index (χ0) is 37.9. The van der Waals surface area contributed by atoms with Crippen LogP contribution >= 0.6 is 0 Å². The first kappa shape index (κ1) is 36.6. The van der Waals surface area contributed by atoms with Gasteiger partial charge in [0.15, 0.2) is 5.78 Å². The molecule has 3 fully saturated rings. The first-order chi connectivity index (χ1) is 26.7. The van der Waals surface area contributed by atoms with E-state index in [0.717, 1.165) is 52.3 Å². The molecule has 55 heavy (non-hydrogen) atoms. The molecule has 2 N–H and O–H groups in total. The van der Waals surface area contributed by atoms with E-state index in [0.29, 0.717) is 96.2 Å². The number of ketones is 2. The van der Waals surface area contributed by atoms with E-state index in [4.69, 9.17) is 14.2 Å². The first-order valence-electron chi connectivity index (χ1n) is 19.1. The molecule has 2 aliphatic heterocycles. The number of aromatic amines is 1. The summed E-state index contributed by atoms with van der Waals surface area (Å²) in [5, 5.41) is 11.9. The van der Waals surface area contributed by atoms with Gasteiger partial charge in [0.1, 0.15) is 35.0 Å². The summed E-state index contributed by atoms with van der Waals surface area (Å²) in [4.78, 5) is 65.0. The van der Waals surface area contributed by atoms with Crippen molar-refractivity contribution >= 4 is 45.8 Å². The average molecular weight is 751 g/mol. The number of piperazine rings is 1. The van der Waals surface area contributed by atoms with Gasteiger partial charge in [-0.25, -0.2) is 9.97 Å². The number of fused-ring (bicyclic) bond motifs is 2. The van der Waals surface area contributed by atoms with Crippen molar-refractivity contribution in [2.75, 3.05) is 69.4 Å². The molecule has 15 heteroatoms. The second-order valence-electron chi connectivity index (χ2n) is 14.9. The van der Waals surface area contributed by atoms with Crippen LogP contribution in [0.4, 0.5) is 11.5 Å². The minimum absolute atomic E-state index is 0.0547. The van der Waals surface area contributed by atoms with E-state index in [1.807, 2.05) is 47.4 Å². The van der Waals surface area contributed by atoms with Gasteiger partial charge in [-0.15, -0.1) is 0 Å². The number of carbonyl (C=O) groups is 4. The molecule has 4 heterocycles. The maximum absolute atomic E-state index is 13.3. The van der Waals surface area contributed by atoms with Gasteiger partial charge >= 0.3 is 0 Å². The molecular weight excluding hydrogens is 704 g/mol. The number of anilines is 2. The molecule has 1 atom stereocenters. The second kappa shape index (κ2) is 15.7. The maximum Gasteiger partial charge on any atom is 0.257 e. The third-order valence-electron chi connectivity index (χ3n) is 10.9. The van der Waals surface area contributed by atoms with Crippen LogP contribution in [-0.2, 0) is 30.4 Å². The Kier molecular flexibility index (Phi) is 10.5. The summed E-state index contributed by atoms with van der Waals surface area (Å²) in [7, 11) is 0. The van der Waals surface area contributed by atoms with Crippen LogP contribution in [0.5, 0.6) is 5.75 Å². The van der Waals surface area contributed by atoms with E-state index in [1.165, 1.54) is 0 Å². The zero-order valence-electron chi connectivity index (χ0n) is 31.1. The highest BCUT2D eigenvalue weighted by atomic mass is 16.5. The number of hydrogen-bond acceptors (Lipinski definition) is 12. The van der Waals surface area contributed by atoms with Gasteiger partial charge in [-0.05, 0) is 56.0 Å². The molecule has 0 spiro atoms. The minimum atomic E-state index is -0.542. The van der Waals surface area contributed by atoms with Gasteiger partial charge in [-0.3, -0.25) is 24.3 Å². The lowest BCUT2D eigenvalue weighted by atomic mass is 9.92. The third kappa shape index (κ3) is 8.17. The van der Waals surface area contributed by atoms with E-state index in [9.17, 15) is 19.2 Å². The van der Waals surface area contributed by atoms with Crippen molar-refractivity contribution in [1.29, 1.82) is 0 Å². The third-order valence-corrected chi connectivity index (χ3v) is 10.9. The van der Waals surface area contributed by atoms with E-state index >= 15 is 0 Å². The molecule has 2 aliphatic carbocycles. The minimum Gasteiger partial charge on any atom is -0.488 e. The van der Waals surface area contributed by atoms with Crippen LogP contribution in [0.2, 0.25) is 0 Å². The molecule has 1 unspecified atom stereocenters. The van der Waals surface area contributed by atoms with Crippen molar-refractivity contribution < 1.29 is 33.4 Å². The highest BCUT2D eigenvalue weighted by molar-refractivity contribution is 6.09. The first-order valence-corrected chi connectivity index (χ1v) is 19.1. The fourth-order valence-electron chi connectivity index (χ4n) is 7.52. The zero-order valence-corrected chi connectivity index (χ0v) is 31.1. The van der Waals surface area contributed by atoms with Gasteiger partial charge in [-0.1, -0.05) is 12.1 Å². The number of rotatable bonds is 15. The van der Waals surface area contributed by atoms with Crippen molar-refractivity contribution in [3.63, 3.8) is 0 Å². The summed E-state index contributed by atoms with van der Waals surface area (Å²) in [6.45, 7) is 6.92. The molecule has 4 aromatic rings. The van der Waals surface area contributed by atoms with Gasteiger partial charge in [-0.2, -0.15) is 5.10 Å². The second-order valence-corrected chi connectivity index (χ2v) is 14.9. The fourth-order valence-corrected chi connectivity index (χ4v) is 7.52. The Hall–Kier alpha value is -5.41. The van der Waals surface area contributed by atoms with Crippen LogP contribution in [-0.4, -0.2) is 124 Å². The van der Waals surface area contributed by atoms with Gasteiger partial charge in [0.2, 0.25) is 5.91 Å². The molecule has 8 rings (SSSR count). The van der Waals surface area contributed by atoms with E-state index in [2.05, 4.69) is 37.3 Å². The topological polar surface area (TPSA) is 172 Å². The summed E-state index contributed by atoms with van der Waals surface area (Å²) in [5.74, 6) is 1.26. The van der Waals surface area contributed by atoms with Gasteiger partial charge in [0.05, 0.1) is 62.1 Å². The molecule has 2 aromatic carbocycles. The van der Waals surface area contributed by atoms with Crippen molar-refractivity contribution in [3.8, 4) is 17.1 Å². The number of benzene rings is 2. The number of ether oxygens (including phenoxy) is 3. The summed E-state index contributed by atoms with van der Waals surface area (Å²) in [6.07, 6.45) is 4.59. The lowest BCUT2D eigenvalue weighted by molar-refractivity contribution is -0.134. The Balaban J connectivity index is 0.724. The lowest BCUT2D eigenvalue weighted by Crippen LogP contribution is -2.49. The quantitative estimate of drug-likeness (QED) is 0.133. The number of hydrogen-bond donors (Lipinski definition) is 2. The molecule has 2 saturated carbocycles. The molecular formula is C40H46N8O7. The predicted molar refractivity (Wildman–Crippen MR) is 203 cm³/mol. The Labute approximate surface area is 318 Å². The Morgan fingerprint density at radius 2 is 1.80 bits per heavy atom. The van der Waals surface area contributed by atoms with Crippen LogP contribution < -0.4 is 15.0 Å². The highest BCUT2D eigenvalue weighted by Crippen LogP contribution is 2.41. The van der Waals surface area contributed by atoms with E-state index < -0.39 is 6.04 Å². The van der Waals surface area contributed by atoms with Gasteiger partial charge in [0.25, 0.3) is 5.91 Å². The highest BCUT2D eigenvalue weighted by Gasteiger charge is 2.41. The SMILES string of the molecule is CC1(Oc2ccc3[nH]nc(-c4cc(N5CCN(C(=O)CCOCCOCCNc6cccc7c6C(=O)N(C6CCC(=O)CC6=O)C7)CC5)ncn4)c3c2)CC1. The lowest BCUT2D eigenvalue weighted by Gasteiger charge is -2.35. The monoisotopic (exact) mass is 750 g/mol. The van der Waals surface area contributed by atoms with Gasteiger partial charge < -0.3 is 34.2 Å². The van der Waals surface area contributed by atoms with Crippen molar-refractivity contribution in [2.24, 2.45) is 0 Å². The van der Waals surface area contributed by atoms with Crippen LogP contribution in [0.3, 0.4) is 0 Å². The molecule has 4 aliphatic rings. The van der Waals surface area contributed by atoms with Crippen molar-refractivity contribution in [2.45, 2.75) is 63.6 Å². The fraction of sp³-hybridized carbons (Fsp3) is 0.475. The maximum atomic E-state index is 13.3. The molecule has 1 saturated heterocycles. The molecule has 2 amide bonds. The normalized spacial score (nSPS) is 19.3.